The van der Waals surface area contributed by atoms with E-state index in [1.165, 1.54) is 6.33 Å². The first kappa shape index (κ1) is 16.2. The van der Waals surface area contributed by atoms with Crippen LogP contribution in [-0.2, 0) is 0 Å². The standard InChI is InChI=1S/C18H18N6O2/c1-12-7-8-13-14(21-12)5-4-6-15(13)22-17-16(24(25)26)18(20-11-19-17)23-9-2-3-10-23/h4-8,11H,2-3,9-10H2,1H3,(H,19,20,22). The van der Waals surface area contributed by atoms with E-state index in [1.807, 2.05) is 42.2 Å². The number of benzene rings is 1. The number of hydrogen-bond acceptors (Lipinski definition) is 7. The summed E-state index contributed by atoms with van der Waals surface area (Å²) < 4.78 is 0. The monoisotopic (exact) mass is 350 g/mol. The zero-order chi connectivity index (χ0) is 18.1. The third-order valence-corrected chi connectivity index (χ3v) is 4.52. The van der Waals surface area contributed by atoms with Crippen LogP contribution in [0.3, 0.4) is 0 Å². The third kappa shape index (κ3) is 2.90. The molecule has 0 aliphatic carbocycles. The van der Waals surface area contributed by atoms with Crippen molar-refractivity contribution in [2.75, 3.05) is 23.3 Å². The molecule has 26 heavy (non-hydrogen) atoms. The molecule has 3 heterocycles. The molecule has 0 amide bonds. The highest BCUT2D eigenvalue weighted by Crippen LogP contribution is 2.36. The zero-order valence-electron chi connectivity index (χ0n) is 14.3. The summed E-state index contributed by atoms with van der Waals surface area (Å²) in [7, 11) is 0. The van der Waals surface area contributed by atoms with Crippen molar-refractivity contribution in [3.05, 3.63) is 52.5 Å². The van der Waals surface area contributed by atoms with Gasteiger partial charge in [0.05, 0.1) is 10.4 Å². The van der Waals surface area contributed by atoms with Gasteiger partial charge in [0.2, 0.25) is 11.6 Å². The van der Waals surface area contributed by atoms with Crippen molar-refractivity contribution in [3.8, 4) is 0 Å². The normalized spacial score (nSPS) is 14.0. The van der Waals surface area contributed by atoms with Crippen LogP contribution in [-0.4, -0.2) is 33.0 Å². The van der Waals surface area contributed by atoms with Crippen LogP contribution in [0.5, 0.6) is 0 Å². The summed E-state index contributed by atoms with van der Waals surface area (Å²) in [6, 6.07) is 9.51. The van der Waals surface area contributed by atoms with Gasteiger partial charge in [-0.1, -0.05) is 6.07 Å². The number of aromatic nitrogens is 3. The molecule has 2 aromatic heterocycles. The predicted molar refractivity (Wildman–Crippen MR) is 99.9 cm³/mol. The Bertz CT molecular complexity index is 985. The second-order valence-corrected chi connectivity index (χ2v) is 6.30. The van der Waals surface area contributed by atoms with Crippen LogP contribution in [0.2, 0.25) is 0 Å². The Morgan fingerprint density at radius 1 is 1.15 bits per heavy atom. The molecule has 4 rings (SSSR count). The number of pyridine rings is 1. The Morgan fingerprint density at radius 2 is 1.96 bits per heavy atom. The summed E-state index contributed by atoms with van der Waals surface area (Å²) in [6.07, 6.45) is 3.40. The lowest BCUT2D eigenvalue weighted by Gasteiger charge is -2.17. The van der Waals surface area contributed by atoms with Crippen LogP contribution in [0.25, 0.3) is 10.9 Å². The molecule has 1 N–H and O–H groups in total. The summed E-state index contributed by atoms with van der Waals surface area (Å²) >= 11 is 0. The second kappa shape index (κ2) is 6.55. The average molecular weight is 350 g/mol. The second-order valence-electron chi connectivity index (χ2n) is 6.30. The van der Waals surface area contributed by atoms with Crippen LogP contribution in [0.1, 0.15) is 18.5 Å². The van der Waals surface area contributed by atoms with E-state index in [4.69, 9.17) is 0 Å². The molecule has 0 unspecified atom stereocenters. The van der Waals surface area contributed by atoms with E-state index in [0.717, 1.165) is 48.2 Å². The van der Waals surface area contributed by atoms with E-state index in [-0.39, 0.29) is 11.5 Å². The Morgan fingerprint density at radius 3 is 2.73 bits per heavy atom. The highest BCUT2D eigenvalue weighted by atomic mass is 16.6. The van der Waals surface area contributed by atoms with Crippen molar-refractivity contribution in [2.24, 2.45) is 0 Å². The predicted octanol–water partition coefficient (Wildman–Crippen LogP) is 3.59. The molecule has 0 saturated carbocycles. The van der Waals surface area contributed by atoms with Gasteiger partial charge in [0.15, 0.2) is 0 Å². The van der Waals surface area contributed by atoms with E-state index < -0.39 is 4.92 Å². The van der Waals surface area contributed by atoms with Gasteiger partial charge in [-0.25, -0.2) is 9.97 Å². The Kier molecular flexibility index (Phi) is 4.08. The summed E-state index contributed by atoms with van der Waals surface area (Å²) in [4.78, 5) is 26.1. The first-order valence-electron chi connectivity index (χ1n) is 8.51. The Hall–Kier alpha value is -3.29. The molecular weight excluding hydrogens is 332 g/mol. The number of aryl methyl sites for hydroxylation is 1. The van der Waals surface area contributed by atoms with E-state index in [1.54, 1.807) is 0 Å². The molecule has 1 fully saturated rings. The number of rotatable bonds is 4. The summed E-state index contributed by atoms with van der Waals surface area (Å²) in [6.45, 7) is 3.47. The maximum atomic E-state index is 11.7. The van der Waals surface area contributed by atoms with Gasteiger partial charge in [-0.05, 0) is 44.0 Å². The summed E-state index contributed by atoms with van der Waals surface area (Å²) in [5, 5.41) is 15.7. The van der Waals surface area contributed by atoms with Gasteiger partial charge in [-0.2, -0.15) is 0 Å². The number of nitro groups is 1. The number of fused-ring (bicyclic) bond motifs is 1. The van der Waals surface area contributed by atoms with E-state index in [9.17, 15) is 10.1 Å². The fourth-order valence-electron chi connectivity index (χ4n) is 3.28. The highest BCUT2D eigenvalue weighted by molar-refractivity contribution is 5.94. The average Bonchev–Trinajstić information content (AvgIpc) is 3.16. The fraction of sp³-hybridized carbons (Fsp3) is 0.278. The largest absolute Gasteiger partial charge is 0.353 e. The first-order valence-corrected chi connectivity index (χ1v) is 8.51. The molecule has 0 atom stereocenters. The van der Waals surface area contributed by atoms with Crippen molar-refractivity contribution in [1.82, 2.24) is 15.0 Å². The van der Waals surface area contributed by atoms with Gasteiger partial charge < -0.3 is 10.2 Å². The summed E-state index contributed by atoms with van der Waals surface area (Å²) in [5.74, 6) is 0.569. The van der Waals surface area contributed by atoms with Gasteiger partial charge in [-0.3, -0.25) is 15.1 Å². The van der Waals surface area contributed by atoms with Crippen LogP contribution < -0.4 is 10.2 Å². The molecule has 0 bridgehead atoms. The van der Waals surface area contributed by atoms with Crippen molar-refractivity contribution < 1.29 is 4.92 Å². The molecule has 8 nitrogen and oxygen atoms in total. The van der Waals surface area contributed by atoms with Crippen LogP contribution in [0.4, 0.5) is 23.0 Å². The number of hydrogen-bond donors (Lipinski definition) is 1. The lowest BCUT2D eigenvalue weighted by molar-refractivity contribution is -0.383. The van der Waals surface area contributed by atoms with Gasteiger partial charge in [0.1, 0.15) is 6.33 Å². The number of nitrogens with one attached hydrogen (secondary N) is 1. The molecule has 1 aromatic carbocycles. The molecule has 8 heteroatoms. The van der Waals surface area contributed by atoms with Gasteiger partial charge >= 0.3 is 5.69 Å². The minimum atomic E-state index is -0.413. The first-order chi connectivity index (χ1) is 12.6. The van der Waals surface area contributed by atoms with E-state index in [0.29, 0.717) is 5.82 Å². The highest BCUT2D eigenvalue weighted by Gasteiger charge is 2.28. The minimum absolute atomic E-state index is 0.0912. The Labute approximate surface area is 150 Å². The maximum absolute atomic E-state index is 11.7. The SMILES string of the molecule is Cc1ccc2c(Nc3ncnc(N4CCCC4)c3[N+](=O)[O-])cccc2n1. The number of nitrogens with zero attached hydrogens (tertiary/aromatic N) is 5. The minimum Gasteiger partial charge on any atom is -0.351 e. The molecule has 0 spiro atoms. The van der Waals surface area contributed by atoms with Crippen LogP contribution in [0, 0.1) is 17.0 Å². The van der Waals surface area contributed by atoms with Crippen LogP contribution in [0.15, 0.2) is 36.7 Å². The molecule has 3 aromatic rings. The van der Waals surface area contributed by atoms with Crippen molar-refractivity contribution >= 4 is 33.9 Å². The molecule has 132 valence electrons. The lowest BCUT2D eigenvalue weighted by atomic mass is 10.1. The van der Waals surface area contributed by atoms with E-state index in [2.05, 4.69) is 20.3 Å². The molecule has 1 aliphatic rings. The fourth-order valence-corrected chi connectivity index (χ4v) is 3.28. The van der Waals surface area contributed by atoms with Crippen molar-refractivity contribution in [1.29, 1.82) is 0 Å². The van der Waals surface area contributed by atoms with Crippen molar-refractivity contribution in [3.63, 3.8) is 0 Å². The third-order valence-electron chi connectivity index (χ3n) is 4.52. The van der Waals surface area contributed by atoms with Gasteiger partial charge in [-0.15, -0.1) is 0 Å². The quantitative estimate of drug-likeness (QED) is 0.567. The topological polar surface area (TPSA) is 97.1 Å². The van der Waals surface area contributed by atoms with Crippen molar-refractivity contribution in [2.45, 2.75) is 19.8 Å². The Balaban J connectivity index is 1.79. The number of anilines is 3. The summed E-state index contributed by atoms with van der Waals surface area (Å²) in [5.41, 5.74) is 2.38. The zero-order valence-corrected chi connectivity index (χ0v) is 14.3. The van der Waals surface area contributed by atoms with Gasteiger partial charge in [0.25, 0.3) is 0 Å². The smallest absolute Gasteiger partial charge is 0.351 e. The molecule has 1 saturated heterocycles. The van der Waals surface area contributed by atoms with E-state index >= 15 is 0 Å². The van der Waals surface area contributed by atoms with Gasteiger partial charge in [0, 0.05) is 29.9 Å². The molecular formula is C18H18N6O2. The lowest BCUT2D eigenvalue weighted by Crippen LogP contribution is -2.21. The molecule has 0 radical (unpaired) electrons. The maximum Gasteiger partial charge on any atom is 0.353 e. The van der Waals surface area contributed by atoms with Crippen LogP contribution >= 0.6 is 0 Å². The molecule has 1 aliphatic heterocycles.